The van der Waals surface area contributed by atoms with E-state index in [1.807, 2.05) is 10.6 Å². The molecule has 4 amide bonds. The summed E-state index contributed by atoms with van der Waals surface area (Å²) >= 11 is 0. The fourth-order valence-electron chi connectivity index (χ4n) is 8.57. The number of alkyl halides is 18. The number of aromatic carboxylic acids is 1. The van der Waals surface area contributed by atoms with Crippen molar-refractivity contribution in [3.8, 4) is 11.5 Å². The smallest absolute Gasteiger partial charge is 0.872 e. The minimum Gasteiger partial charge on any atom is -0.872 e. The standard InChI is InChI=1S/C48H50F12N6O4.C9H4F6O2.Co/c1-43(2,3)35-13-25(21-63-41(69)65-33-17-29(45(49,50)51)15-30(18-33)46(52,53)54)11-27(39(35)67)23-61-37-9-7-8-10-38(37)62-24-28-12-26(14-36(40(28)68)44(4,5)6)22-64-42(70)66-34-19-31(47(55,56)57)16-32(20-34)48(58,59)60;10-8(11,12)5-1-4(7(16)17)2-6(3-5)9(13,14)15;/h11-20,23-24,37-38,67-68H,7-10,21-22H2,1-6H3,(H2,63,65,69)(H2,64,66,70);1-3H,(H,16,17);/q;;+3/p-3/t37-,38-;;/m0../s1. The van der Waals surface area contributed by atoms with Crippen molar-refractivity contribution in [1.29, 1.82) is 0 Å². The molecule has 0 bridgehead atoms. The molecule has 0 aliphatic heterocycles. The third-order valence-electron chi connectivity index (χ3n) is 12.9. The predicted octanol–water partition coefficient (Wildman–Crippen LogP) is 14.1. The number of amides is 4. The summed E-state index contributed by atoms with van der Waals surface area (Å²) in [7, 11) is 0. The van der Waals surface area contributed by atoms with Gasteiger partial charge in [0.05, 0.1) is 51.4 Å². The van der Waals surface area contributed by atoms with E-state index in [2.05, 4.69) is 10.6 Å². The zero-order chi connectivity index (χ0) is 65.8. The van der Waals surface area contributed by atoms with E-state index >= 15 is 0 Å². The number of nitrogens with zero attached hydrogens (tertiary/aromatic N) is 2. The van der Waals surface area contributed by atoms with Crippen LogP contribution in [0.5, 0.6) is 11.5 Å². The minimum absolute atomic E-state index is 0. The Labute approximate surface area is 500 Å². The maximum atomic E-state index is 13.8. The summed E-state index contributed by atoms with van der Waals surface area (Å²) in [5.74, 6) is -2.90. The molecule has 0 radical (unpaired) electrons. The van der Waals surface area contributed by atoms with Crippen molar-refractivity contribution < 1.29 is 126 Å². The predicted molar refractivity (Wildman–Crippen MR) is 276 cm³/mol. The van der Waals surface area contributed by atoms with Crippen molar-refractivity contribution >= 4 is 41.8 Å². The van der Waals surface area contributed by atoms with Gasteiger partial charge in [-0.2, -0.15) is 79.0 Å². The number of halogens is 18. The van der Waals surface area contributed by atoms with Gasteiger partial charge in [-0.1, -0.05) is 78.0 Å². The number of carboxylic acids is 1. The summed E-state index contributed by atoms with van der Waals surface area (Å²) < 4.78 is 234. The molecule has 1 aliphatic rings. The molecule has 0 spiro atoms. The molecule has 0 saturated heterocycles. The number of hydrogen-bond donors (Lipinski definition) is 4. The maximum absolute atomic E-state index is 13.8. The van der Waals surface area contributed by atoms with Crippen molar-refractivity contribution in [2.45, 2.75) is 140 Å². The molecule has 88 heavy (non-hydrogen) atoms. The Morgan fingerprint density at radius 1 is 0.455 bits per heavy atom. The van der Waals surface area contributed by atoms with E-state index in [-0.39, 0.29) is 71.3 Å². The third-order valence-corrected chi connectivity index (χ3v) is 12.9. The van der Waals surface area contributed by atoms with Gasteiger partial charge in [0.2, 0.25) is 0 Å². The zero-order valence-electron chi connectivity index (χ0n) is 46.5. The van der Waals surface area contributed by atoms with Gasteiger partial charge in [-0.25, -0.2) is 9.59 Å². The number of hydrogen-bond acceptors (Lipinski definition) is 8. The Morgan fingerprint density at radius 3 is 0.977 bits per heavy atom. The van der Waals surface area contributed by atoms with Gasteiger partial charge in [0.1, 0.15) is 0 Å². The molecule has 480 valence electrons. The van der Waals surface area contributed by atoms with Crippen molar-refractivity contribution in [1.82, 2.24) is 10.6 Å². The van der Waals surface area contributed by atoms with E-state index in [1.54, 1.807) is 41.5 Å². The second kappa shape index (κ2) is 27.4. The van der Waals surface area contributed by atoms with Crippen LogP contribution in [-0.2, 0) is 77.8 Å². The van der Waals surface area contributed by atoms with Crippen molar-refractivity contribution in [3.63, 3.8) is 0 Å². The van der Waals surface area contributed by atoms with Gasteiger partial charge in [-0.05, 0) is 129 Å². The third kappa shape index (κ3) is 20.4. The van der Waals surface area contributed by atoms with Crippen LogP contribution in [0.15, 0.2) is 88.8 Å². The van der Waals surface area contributed by atoms with Crippen molar-refractivity contribution in [2.24, 2.45) is 9.98 Å². The molecule has 5 aromatic rings. The molecule has 0 aromatic heterocycles. The number of aliphatic imine (C=N–C) groups is 2. The zero-order valence-corrected chi connectivity index (χ0v) is 47.6. The van der Waals surface area contributed by atoms with Crippen LogP contribution in [0.1, 0.15) is 144 Å². The normalized spacial score (nSPS) is 15.5. The summed E-state index contributed by atoms with van der Waals surface area (Å²) in [6.45, 7) is 9.97. The number of carboxylic acid groups (broad SMARTS) is 1. The molecule has 6 rings (SSSR count). The first kappa shape index (κ1) is 72.8. The number of carbonyl (C=O) groups excluding carboxylic acids is 3. The van der Waals surface area contributed by atoms with Crippen LogP contribution in [0.25, 0.3) is 0 Å². The molecule has 12 nitrogen and oxygen atoms in total. The van der Waals surface area contributed by atoms with Crippen molar-refractivity contribution in [3.05, 3.63) is 151 Å². The van der Waals surface area contributed by atoms with Crippen molar-refractivity contribution in [2.75, 3.05) is 10.6 Å². The Balaban J connectivity index is 0.000000792. The van der Waals surface area contributed by atoms with E-state index in [0.29, 0.717) is 59.4 Å². The summed E-state index contributed by atoms with van der Waals surface area (Å²) in [5.41, 5.74) is -12.5. The van der Waals surface area contributed by atoms with Gasteiger partial charge in [0.25, 0.3) is 0 Å². The van der Waals surface area contributed by atoms with Gasteiger partial charge < -0.3 is 41.4 Å². The Bertz CT molecular complexity index is 3120. The fraction of sp³-hybridized carbons (Fsp3) is 0.386. The van der Waals surface area contributed by atoms with Gasteiger partial charge in [-0.3, -0.25) is 9.98 Å². The molecule has 31 heteroatoms. The largest absolute Gasteiger partial charge is 3.00 e. The second-order valence-electron chi connectivity index (χ2n) is 21.9. The number of rotatable bonds is 11. The first-order chi connectivity index (χ1) is 39.6. The molecule has 2 atom stereocenters. The maximum Gasteiger partial charge on any atom is 3.00 e. The number of carbonyl (C=O) groups is 3. The Kier molecular flexibility index (Phi) is 22.6. The Morgan fingerprint density at radius 2 is 0.727 bits per heavy atom. The summed E-state index contributed by atoms with van der Waals surface area (Å²) in [4.78, 5) is 45.3. The molecular formula is C57H51CoF18N6O6. The first-order valence-electron chi connectivity index (χ1n) is 25.6. The van der Waals surface area contributed by atoms with Crippen LogP contribution in [0.4, 0.5) is 100.0 Å². The van der Waals surface area contributed by atoms with Crippen LogP contribution < -0.4 is 36.6 Å². The van der Waals surface area contributed by atoms with E-state index in [9.17, 15) is 109 Å². The van der Waals surface area contributed by atoms with Crippen LogP contribution in [0.3, 0.4) is 0 Å². The summed E-state index contributed by atoms with van der Waals surface area (Å²) in [6, 6.07) is 3.97. The van der Waals surface area contributed by atoms with Gasteiger partial charge in [-0.15, -0.1) is 0 Å². The quantitative estimate of drug-likeness (QED) is 0.0751. The van der Waals surface area contributed by atoms with Gasteiger partial charge >= 0.3 is 65.9 Å². The summed E-state index contributed by atoms with van der Waals surface area (Å²) in [5, 5.41) is 46.6. The Hall–Kier alpha value is -7.70. The minimum atomic E-state index is -5.14. The van der Waals surface area contributed by atoms with Crippen LogP contribution in [0, 0.1) is 0 Å². The number of anilines is 2. The fourth-order valence-corrected chi connectivity index (χ4v) is 8.57. The molecule has 1 fully saturated rings. The molecule has 1 aliphatic carbocycles. The van der Waals surface area contributed by atoms with E-state index in [0.717, 1.165) is 12.8 Å². The van der Waals surface area contributed by atoms with E-state index < -0.39 is 140 Å². The van der Waals surface area contributed by atoms with E-state index in [1.165, 1.54) is 36.7 Å². The van der Waals surface area contributed by atoms with Crippen LogP contribution in [0.2, 0.25) is 0 Å². The number of nitrogens with one attached hydrogen (secondary N) is 4. The number of urea groups is 2. The molecule has 0 heterocycles. The molecule has 1 saturated carbocycles. The summed E-state index contributed by atoms with van der Waals surface area (Å²) in [6.07, 6.45) is -25.4. The van der Waals surface area contributed by atoms with Crippen LogP contribution in [-0.4, -0.2) is 42.5 Å². The molecule has 5 aromatic carbocycles. The monoisotopic (exact) mass is 1320 g/mol. The second-order valence-corrected chi connectivity index (χ2v) is 21.9. The topological polar surface area (TPSA) is 193 Å². The average Bonchev–Trinajstić information content (AvgIpc) is 3.42. The van der Waals surface area contributed by atoms with Gasteiger partial charge in [0.15, 0.2) is 0 Å². The van der Waals surface area contributed by atoms with Crippen LogP contribution >= 0.6 is 0 Å². The molecule has 4 N–H and O–H groups in total. The average molecular weight is 1320 g/mol. The number of benzene rings is 5. The molecule has 0 unspecified atom stereocenters. The van der Waals surface area contributed by atoms with E-state index in [4.69, 9.17) is 9.98 Å². The van der Waals surface area contributed by atoms with Gasteiger partial charge in [0, 0.05) is 36.9 Å². The molecular weight excluding hydrogens is 1270 g/mol. The SMILES string of the molecule is CC(C)(C)c1cc(CNC(=O)Nc2cc(C(F)(F)F)cc(C(F)(F)F)c2)cc(C=N[C@H]2CCCC[C@@H]2N=Cc2cc(CNC(=O)Nc3cc(C(F)(F)F)cc(C(F)(F)F)c3)cc(C(C)(C)C)c2[O-])c1[O-].O=C([O-])c1cc(C(F)(F)F)cc(C(F)(F)F)c1.[Co+3]. The first-order valence-corrected chi connectivity index (χ1v) is 25.6.